The van der Waals surface area contributed by atoms with Crippen LogP contribution >= 0.6 is 11.6 Å². The van der Waals surface area contributed by atoms with E-state index < -0.39 is 8.07 Å². The summed E-state index contributed by atoms with van der Waals surface area (Å²) in [4.78, 5) is 16.1. The molecular weight excluding hydrogens is 588 g/mol. The zero-order valence-corrected chi connectivity index (χ0v) is 26.2. The van der Waals surface area contributed by atoms with E-state index in [-0.39, 0.29) is 5.28 Å². The number of anilines is 3. The molecule has 4 nitrogen and oxygen atoms in total. The first-order valence-electron chi connectivity index (χ1n) is 14.8. The monoisotopic (exact) mass is 616 g/mol. The fourth-order valence-electron chi connectivity index (χ4n) is 6.06. The molecule has 0 bridgehead atoms. The lowest BCUT2D eigenvalue weighted by Crippen LogP contribution is -2.74. The SMILES string of the molecule is Clc1nc(-c2ccccc2)nc(N(c2ccccc2)c2cccc([Si](c3ccccc3)(c3ccccc3)c3ccccc3)c2)n1. The first-order valence-corrected chi connectivity index (χ1v) is 17.2. The van der Waals surface area contributed by atoms with Crippen LogP contribution in [0.15, 0.2) is 176 Å². The molecular formula is C39H29ClN4Si. The molecule has 0 aliphatic rings. The predicted molar refractivity (Wildman–Crippen MR) is 189 cm³/mol. The average Bonchev–Trinajstić information content (AvgIpc) is 3.11. The zero-order chi connectivity index (χ0) is 30.5. The molecule has 1 heterocycles. The van der Waals surface area contributed by atoms with Gasteiger partial charge in [0.05, 0.1) is 0 Å². The van der Waals surface area contributed by atoms with E-state index in [0.29, 0.717) is 11.8 Å². The summed E-state index contributed by atoms with van der Waals surface area (Å²) in [5.74, 6) is 0.966. The molecule has 0 N–H and O–H groups in total. The van der Waals surface area contributed by atoms with Crippen molar-refractivity contribution in [1.29, 1.82) is 0 Å². The second-order valence-corrected chi connectivity index (χ2v) is 14.8. The van der Waals surface area contributed by atoms with E-state index in [1.165, 1.54) is 20.7 Å². The van der Waals surface area contributed by atoms with Crippen molar-refractivity contribution in [2.24, 2.45) is 0 Å². The van der Waals surface area contributed by atoms with Gasteiger partial charge in [0.2, 0.25) is 11.2 Å². The molecule has 0 saturated heterocycles. The van der Waals surface area contributed by atoms with Gasteiger partial charge in [0.1, 0.15) is 0 Å². The van der Waals surface area contributed by atoms with Gasteiger partial charge in [-0.25, -0.2) is 0 Å². The van der Waals surface area contributed by atoms with Crippen LogP contribution in [-0.4, -0.2) is 23.0 Å². The van der Waals surface area contributed by atoms with Crippen LogP contribution in [0.5, 0.6) is 0 Å². The molecule has 0 atom stereocenters. The van der Waals surface area contributed by atoms with E-state index in [2.05, 4.69) is 142 Å². The summed E-state index contributed by atoms with van der Waals surface area (Å²) in [5.41, 5.74) is 2.72. The quantitative estimate of drug-likeness (QED) is 0.136. The van der Waals surface area contributed by atoms with E-state index in [9.17, 15) is 0 Å². The molecule has 7 rings (SSSR count). The Balaban J connectivity index is 1.49. The summed E-state index contributed by atoms with van der Waals surface area (Å²) in [6.45, 7) is 0. The van der Waals surface area contributed by atoms with Crippen LogP contribution < -0.4 is 25.6 Å². The summed E-state index contributed by atoms with van der Waals surface area (Å²) in [7, 11) is -2.76. The molecule has 0 radical (unpaired) electrons. The molecule has 0 unspecified atom stereocenters. The van der Waals surface area contributed by atoms with Gasteiger partial charge in [0, 0.05) is 16.9 Å². The van der Waals surface area contributed by atoms with Crippen molar-refractivity contribution in [1.82, 2.24) is 15.0 Å². The Hall–Kier alpha value is -5.36. The highest BCUT2D eigenvalue weighted by Crippen LogP contribution is 2.33. The number of hydrogen-bond acceptors (Lipinski definition) is 4. The Bertz CT molecular complexity index is 1910. The maximum absolute atomic E-state index is 6.58. The van der Waals surface area contributed by atoms with Gasteiger partial charge in [-0.05, 0) is 56.6 Å². The maximum Gasteiger partial charge on any atom is 0.239 e. The van der Waals surface area contributed by atoms with Crippen LogP contribution in [0.25, 0.3) is 11.4 Å². The predicted octanol–water partition coefficient (Wildman–Crippen LogP) is 7.04. The van der Waals surface area contributed by atoms with Gasteiger partial charge in [-0.3, -0.25) is 4.90 Å². The molecule has 0 aliphatic heterocycles. The summed E-state index contributed by atoms with van der Waals surface area (Å²) < 4.78 is 0. The zero-order valence-electron chi connectivity index (χ0n) is 24.4. The topological polar surface area (TPSA) is 41.9 Å². The number of para-hydroxylation sites is 1. The van der Waals surface area contributed by atoms with Crippen LogP contribution in [0.1, 0.15) is 0 Å². The molecule has 0 amide bonds. The highest BCUT2D eigenvalue weighted by atomic mass is 35.5. The number of nitrogens with zero attached hydrogens (tertiary/aromatic N) is 4. The van der Waals surface area contributed by atoms with Crippen molar-refractivity contribution in [3.63, 3.8) is 0 Å². The number of halogens is 1. The Morgan fingerprint density at radius 1 is 0.422 bits per heavy atom. The van der Waals surface area contributed by atoms with Gasteiger partial charge in [-0.2, -0.15) is 15.0 Å². The number of aromatic nitrogens is 3. The van der Waals surface area contributed by atoms with Crippen LogP contribution in [0.4, 0.5) is 17.3 Å². The van der Waals surface area contributed by atoms with Crippen LogP contribution in [-0.2, 0) is 0 Å². The first-order chi connectivity index (χ1) is 22.2. The summed E-state index contributed by atoms with van der Waals surface area (Å²) in [6, 6.07) is 61.5. The van der Waals surface area contributed by atoms with Crippen molar-refractivity contribution in [2.45, 2.75) is 0 Å². The van der Waals surface area contributed by atoms with Gasteiger partial charge >= 0.3 is 0 Å². The third kappa shape index (κ3) is 5.55. The maximum atomic E-state index is 6.58. The lowest BCUT2D eigenvalue weighted by molar-refractivity contribution is 1.02. The van der Waals surface area contributed by atoms with Crippen LogP contribution in [0.3, 0.4) is 0 Å². The normalized spacial score (nSPS) is 11.2. The Labute approximate surface area is 269 Å². The van der Waals surface area contributed by atoms with Crippen molar-refractivity contribution in [2.75, 3.05) is 4.90 Å². The van der Waals surface area contributed by atoms with Gasteiger partial charge in [-0.15, -0.1) is 0 Å². The van der Waals surface area contributed by atoms with Crippen molar-refractivity contribution in [3.05, 3.63) is 181 Å². The van der Waals surface area contributed by atoms with Gasteiger partial charge in [-0.1, -0.05) is 152 Å². The Morgan fingerprint density at radius 2 is 0.867 bits per heavy atom. The molecule has 0 fully saturated rings. The third-order valence-corrected chi connectivity index (χ3v) is 12.9. The standard InChI is InChI=1S/C39H29ClN4Si/c40-38-41-37(30-17-6-1-7-18-30)42-39(43-38)44(31-19-8-2-9-20-31)32-21-16-28-36(29-32)45(33-22-10-3-11-23-33,34-24-12-4-13-25-34)35-26-14-5-15-27-35/h1-29H. The van der Waals surface area contributed by atoms with E-state index in [0.717, 1.165) is 16.9 Å². The van der Waals surface area contributed by atoms with E-state index in [1.807, 2.05) is 48.5 Å². The second kappa shape index (κ2) is 12.7. The fourth-order valence-corrected chi connectivity index (χ4v) is 11.0. The van der Waals surface area contributed by atoms with Gasteiger partial charge in [0.15, 0.2) is 13.9 Å². The highest BCUT2D eigenvalue weighted by Gasteiger charge is 2.41. The minimum atomic E-state index is -2.76. The Morgan fingerprint density at radius 3 is 1.40 bits per heavy atom. The molecule has 6 heteroatoms. The van der Waals surface area contributed by atoms with E-state index in [4.69, 9.17) is 16.6 Å². The van der Waals surface area contributed by atoms with Crippen LogP contribution in [0.2, 0.25) is 5.28 Å². The van der Waals surface area contributed by atoms with Crippen molar-refractivity contribution < 1.29 is 0 Å². The number of rotatable bonds is 8. The summed E-state index contributed by atoms with van der Waals surface area (Å²) >= 11 is 6.58. The summed E-state index contributed by atoms with van der Waals surface area (Å²) in [5, 5.41) is 5.30. The lowest BCUT2D eigenvalue weighted by Gasteiger charge is -2.35. The van der Waals surface area contributed by atoms with E-state index in [1.54, 1.807) is 0 Å². The molecule has 1 aromatic heterocycles. The van der Waals surface area contributed by atoms with Crippen molar-refractivity contribution >= 4 is 57.7 Å². The highest BCUT2D eigenvalue weighted by molar-refractivity contribution is 7.19. The third-order valence-electron chi connectivity index (χ3n) is 8.00. The smallest absolute Gasteiger partial charge is 0.239 e. The van der Waals surface area contributed by atoms with E-state index >= 15 is 0 Å². The minimum absolute atomic E-state index is 0.137. The number of hydrogen-bond donors (Lipinski definition) is 0. The molecule has 45 heavy (non-hydrogen) atoms. The second-order valence-electron chi connectivity index (χ2n) is 10.7. The first kappa shape index (κ1) is 28.4. The minimum Gasteiger partial charge on any atom is -0.279 e. The molecule has 216 valence electrons. The lowest BCUT2D eigenvalue weighted by atomic mass is 10.2. The molecule has 6 aromatic carbocycles. The molecule has 0 saturated carbocycles. The number of benzene rings is 6. The average molecular weight is 617 g/mol. The fraction of sp³-hybridized carbons (Fsp3) is 0. The summed E-state index contributed by atoms with van der Waals surface area (Å²) in [6.07, 6.45) is 0. The largest absolute Gasteiger partial charge is 0.279 e. The van der Waals surface area contributed by atoms with Gasteiger partial charge in [0.25, 0.3) is 0 Å². The van der Waals surface area contributed by atoms with Gasteiger partial charge < -0.3 is 0 Å². The molecule has 0 aliphatic carbocycles. The molecule has 7 aromatic rings. The molecule has 0 spiro atoms. The van der Waals surface area contributed by atoms with Crippen LogP contribution in [0, 0.1) is 0 Å². The van der Waals surface area contributed by atoms with Crippen molar-refractivity contribution in [3.8, 4) is 11.4 Å². The Kier molecular flexibility index (Phi) is 8.02.